The van der Waals surface area contributed by atoms with Crippen molar-refractivity contribution in [2.24, 2.45) is 16.9 Å². The first kappa shape index (κ1) is 17.8. The van der Waals surface area contributed by atoms with Crippen molar-refractivity contribution >= 4 is 17.6 Å². The number of hydrazone groups is 1. The first-order valence-electron chi connectivity index (χ1n) is 8.27. The van der Waals surface area contributed by atoms with Crippen molar-refractivity contribution in [3.8, 4) is 11.1 Å². The van der Waals surface area contributed by atoms with Gasteiger partial charge in [-0.15, -0.1) is 0 Å². The molecule has 2 aromatic rings. The first-order chi connectivity index (χ1) is 12.5. The summed E-state index contributed by atoms with van der Waals surface area (Å²) >= 11 is 0. The molecule has 26 heavy (non-hydrogen) atoms. The first-order valence-corrected chi connectivity index (χ1v) is 8.27. The van der Waals surface area contributed by atoms with Crippen molar-refractivity contribution in [1.29, 1.82) is 0 Å². The Labute approximate surface area is 150 Å². The van der Waals surface area contributed by atoms with E-state index in [0.717, 1.165) is 22.4 Å². The number of amides is 1. The van der Waals surface area contributed by atoms with Gasteiger partial charge in [-0.05, 0) is 22.8 Å². The maximum Gasteiger partial charge on any atom is 0.336 e. The van der Waals surface area contributed by atoms with Crippen molar-refractivity contribution < 1.29 is 14.7 Å². The van der Waals surface area contributed by atoms with E-state index in [4.69, 9.17) is 5.84 Å². The van der Waals surface area contributed by atoms with Crippen molar-refractivity contribution in [1.82, 2.24) is 10.9 Å². The van der Waals surface area contributed by atoms with Crippen LogP contribution in [0.15, 0.2) is 47.6 Å². The van der Waals surface area contributed by atoms with Crippen LogP contribution >= 0.6 is 0 Å². The summed E-state index contributed by atoms with van der Waals surface area (Å²) in [5.74, 6) is 4.38. The summed E-state index contributed by atoms with van der Waals surface area (Å²) in [6.45, 7) is 2.31. The van der Waals surface area contributed by atoms with Crippen molar-refractivity contribution in [3.05, 3.63) is 59.2 Å². The van der Waals surface area contributed by atoms with Crippen LogP contribution in [0.2, 0.25) is 0 Å². The Morgan fingerprint density at radius 2 is 1.96 bits per heavy atom. The minimum atomic E-state index is -0.990. The zero-order valence-corrected chi connectivity index (χ0v) is 14.3. The summed E-state index contributed by atoms with van der Waals surface area (Å²) in [5, 5.41) is 13.7. The van der Waals surface area contributed by atoms with E-state index in [9.17, 15) is 14.7 Å². The number of carbonyl (C=O) groups excluding carboxylic acids is 1. The highest BCUT2D eigenvalue weighted by Gasteiger charge is 2.22. The number of benzene rings is 2. The Kier molecular flexibility index (Phi) is 5.11. The Morgan fingerprint density at radius 1 is 1.27 bits per heavy atom. The number of nitrogens with one attached hydrogen (secondary N) is 2. The van der Waals surface area contributed by atoms with Gasteiger partial charge < -0.3 is 5.11 Å². The summed E-state index contributed by atoms with van der Waals surface area (Å²) in [5.41, 5.74) is 9.24. The van der Waals surface area contributed by atoms with Gasteiger partial charge in [-0.25, -0.2) is 10.2 Å². The molecule has 7 heteroatoms. The van der Waals surface area contributed by atoms with Gasteiger partial charge in [0.05, 0.1) is 11.3 Å². The second-order valence-electron chi connectivity index (χ2n) is 6.24. The highest BCUT2D eigenvalue weighted by atomic mass is 16.4. The number of aromatic carboxylic acids is 1. The summed E-state index contributed by atoms with van der Waals surface area (Å²) in [6, 6.07) is 12.6. The Morgan fingerprint density at radius 3 is 2.58 bits per heavy atom. The van der Waals surface area contributed by atoms with Gasteiger partial charge in [0, 0.05) is 24.4 Å². The quantitative estimate of drug-likeness (QED) is 0.484. The molecule has 1 aliphatic heterocycles. The van der Waals surface area contributed by atoms with Crippen LogP contribution in [-0.2, 0) is 11.3 Å². The molecule has 0 saturated heterocycles. The van der Waals surface area contributed by atoms with Gasteiger partial charge in [-0.2, -0.15) is 5.10 Å². The number of hydrogen-bond acceptors (Lipinski definition) is 5. The smallest absolute Gasteiger partial charge is 0.336 e. The Hall–Kier alpha value is -3.03. The summed E-state index contributed by atoms with van der Waals surface area (Å²) in [4.78, 5) is 23.0. The molecule has 0 radical (unpaired) electrons. The maximum atomic E-state index is 11.6. The van der Waals surface area contributed by atoms with Crippen LogP contribution in [0.5, 0.6) is 0 Å². The molecule has 2 aromatic carbocycles. The van der Waals surface area contributed by atoms with Crippen LogP contribution in [0.25, 0.3) is 11.1 Å². The van der Waals surface area contributed by atoms with Crippen LogP contribution < -0.4 is 16.7 Å². The molecule has 7 nitrogen and oxygen atoms in total. The Bertz CT molecular complexity index is 875. The lowest BCUT2D eigenvalue weighted by molar-refractivity contribution is -0.121. The summed E-state index contributed by atoms with van der Waals surface area (Å²) in [6.07, 6.45) is 0.398. The number of carboxylic acid groups (broad SMARTS) is 1. The molecule has 3 rings (SSSR count). The van der Waals surface area contributed by atoms with Gasteiger partial charge in [0.2, 0.25) is 5.91 Å². The number of carboxylic acids is 1. The van der Waals surface area contributed by atoms with Crippen LogP contribution in [0.3, 0.4) is 0 Å². The van der Waals surface area contributed by atoms with E-state index in [1.165, 1.54) is 0 Å². The molecule has 0 spiro atoms. The fraction of sp³-hybridized carbons (Fsp3) is 0.211. The molecule has 5 N–H and O–H groups in total. The number of carbonyl (C=O) groups is 2. The van der Waals surface area contributed by atoms with E-state index < -0.39 is 5.97 Å². The molecular weight excluding hydrogens is 332 g/mol. The monoisotopic (exact) mass is 352 g/mol. The minimum Gasteiger partial charge on any atom is -0.478 e. The molecule has 1 atom stereocenters. The summed E-state index contributed by atoms with van der Waals surface area (Å²) < 4.78 is 0. The van der Waals surface area contributed by atoms with Crippen LogP contribution in [0.1, 0.15) is 34.8 Å². The minimum absolute atomic E-state index is 0.0258. The van der Waals surface area contributed by atoms with Gasteiger partial charge in [-0.3, -0.25) is 16.1 Å². The molecular formula is C19H20N4O3. The largest absolute Gasteiger partial charge is 0.478 e. The van der Waals surface area contributed by atoms with Gasteiger partial charge in [0.15, 0.2) is 0 Å². The lowest BCUT2D eigenvalue weighted by Gasteiger charge is -2.19. The average molecular weight is 352 g/mol. The normalized spacial score (nSPS) is 16.8. The second kappa shape index (κ2) is 7.47. The zero-order chi connectivity index (χ0) is 18.7. The molecule has 0 saturated carbocycles. The fourth-order valence-corrected chi connectivity index (χ4v) is 3.19. The highest BCUT2D eigenvalue weighted by molar-refractivity contribution is 6.06. The third-order valence-corrected chi connectivity index (χ3v) is 4.40. The second-order valence-corrected chi connectivity index (χ2v) is 6.24. The van der Waals surface area contributed by atoms with Gasteiger partial charge in [-0.1, -0.05) is 43.3 Å². The van der Waals surface area contributed by atoms with E-state index in [1.54, 1.807) is 12.1 Å². The van der Waals surface area contributed by atoms with Crippen molar-refractivity contribution in [3.63, 3.8) is 0 Å². The number of hydrogen-bond donors (Lipinski definition) is 4. The standard InChI is InChI=1S/C19H20N4O3/c1-11-9-16(24)22-23-18(11)13-7-5-12(6-8-13)17-14(10-21-20)3-2-4-15(17)19(25)26/h2-8,11,21H,9-10,20H2,1H3,(H,22,24)(H,25,26). The SMILES string of the molecule is CC1CC(=O)NN=C1c1ccc(-c2c(CNN)cccc2C(=O)O)cc1. The van der Waals surface area contributed by atoms with Crippen molar-refractivity contribution in [2.45, 2.75) is 19.9 Å². The molecule has 134 valence electrons. The van der Waals surface area contributed by atoms with E-state index >= 15 is 0 Å². The Balaban J connectivity index is 2.02. The molecule has 0 aliphatic carbocycles. The molecule has 1 heterocycles. The molecule has 1 unspecified atom stereocenters. The van der Waals surface area contributed by atoms with Gasteiger partial charge in [0.1, 0.15) is 0 Å². The highest BCUT2D eigenvalue weighted by Crippen LogP contribution is 2.29. The lowest BCUT2D eigenvalue weighted by Crippen LogP contribution is -2.31. The predicted molar refractivity (Wildman–Crippen MR) is 98.3 cm³/mol. The maximum absolute atomic E-state index is 11.6. The molecule has 0 bridgehead atoms. The van der Waals surface area contributed by atoms with Crippen LogP contribution in [0.4, 0.5) is 0 Å². The number of nitrogens with two attached hydrogens (primary N) is 1. The van der Waals surface area contributed by atoms with Crippen molar-refractivity contribution in [2.75, 3.05) is 0 Å². The third-order valence-electron chi connectivity index (χ3n) is 4.40. The topological polar surface area (TPSA) is 117 Å². The van der Waals surface area contributed by atoms with E-state index in [0.29, 0.717) is 18.5 Å². The van der Waals surface area contributed by atoms with E-state index in [1.807, 2.05) is 37.3 Å². The molecule has 0 fully saturated rings. The number of hydrazine groups is 1. The van der Waals surface area contributed by atoms with E-state index in [-0.39, 0.29) is 17.4 Å². The number of rotatable bonds is 5. The van der Waals surface area contributed by atoms with E-state index in [2.05, 4.69) is 16.0 Å². The molecule has 1 amide bonds. The van der Waals surface area contributed by atoms with Crippen LogP contribution in [0, 0.1) is 5.92 Å². The molecule has 1 aliphatic rings. The zero-order valence-electron chi connectivity index (χ0n) is 14.3. The summed E-state index contributed by atoms with van der Waals surface area (Å²) in [7, 11) is 0. The lowest BCUT2D eigenvalue weighted by atomic mass is 9.90. The van der Waals surface area contributed by atoms with Crippen LogP contribution in [-0.4, -0.2) is 22.7 Å². The molecule has 0 aromatic heterocycles. The van der Waals surface area contributed by atoms with Gasteiger partial charge >= 0.3 is 5.97 Å². The number of nitrogens with zero attached hydrogens (tertiary/aromatic N) is 1. The van der Waals surface area contributed by atoms with Gasteiger partial charge in [0.25, 0.3) is 0 Å². The average Bonchev–Trinajstić information content (AvgIpc) is 2.62. The predicted octanol–water partition coefficient (Wildman–Crippen LogP) is 1.88. The fourth-order valence-electron chi connectivity index (χ4n) is 3.19. The third kappa shape index (κ3) is 3.49.